The molecule has 4 rings (SSSR count). The fourth-order valence-electron chi connectivity index (χ4n) is 3.58. The third-order valence-corrected chi connectivity index (χ3v) is 4.90. The monoisotopic (exact) mass is 351 g/mol. The maximum Gasteiger partial charge on any atom is 0.165 e. The van der Waals surface area contributed by atoms with E-state index >= 15 is 0 Å². The van der Waals surface area contributed by atoms with Crippen LogP contribution in [-0.2, 0) is 0 Å². The second-order valence-electron chi connectivity index (χ2n) is 6.10. The Labute approximate surface area is 143 Å². The summed E-state index contributed by atoms with van der Waals surface area (Å²) in [6.07, 6.45) is 0.965. The molecule has 0 bridgehead atoms. The van der Waals surface area contributed by atoms with Gasteiger partial charge in [0.15, 0.2) is 11.5 Å². The van der Waals surface area contributed by atoms with Crippen molar-refractivity contribution < 1.29 is 18.3 Å². The Morgan fingerprint density at radius 1 is 1.21 bits per heavy atom. The van der Waals surface area contributed by atoms with Crippen LogP contribution in [0, 0.1) is 11.6 Å². The first-order valence-corrected chi connectivity index (χ1v) is 8.20. The van der Waals surface area contributed by atoms with Crippen LogP contribution < -0.4 is 14.8 Å². The first-order valence-electron chi connectivity index (χ1n) is 7.82. The first-order chi connectivity index (χ1) is 11.6. The zero-order chi connectivity index (χ0) is 16.8. The van der Waals surface area contributed by atoms with Crippen molar-refractivity contribution >= 4 is 11.6 Å². The Kier molecular flexibility index (Phi) is 3.85. The summed E-state index contributed by atoms with van der Waals surface area (Å²) in [5, 5.41) is 3.37. The SMILES string of the molecule is COc1cc(-c2c(F)cc(Cl)cc2F)cc2c1OC1CCNCC21. The Morgan fingerprint density at radius 3 is 2.67 bits per heavy atom. The molecule has 24 heavy (non-hydrogen) atoms. The van der Waals surface area contributed by atoms with E-state index in [1.54, 1.807) is 12.1 Å². The standard InChI is InChI=1S/C18H16ClF2NO2/c1-23-16-5-9(17-13(20)6-10(19)7-14(17)21)4-11-12-8-22-3-2-15(12)24-18(11)16/h4-7,12,15,22H,2-3,8H2,1H3. The van der Waals surface area contributed by atoms with Crippen LogP contribution in [0.4, 0.5) is 8.78 Å². The average molecular weight is 352 g/mol. The molecule has 1 fully saturated rings. The van der Waals surface area contributed by atoms with Gasteiger partial charge in [0, 0.05) is 23.0 Å². The third kappa shape index (κ3) is 2.43. The molecule has 2 aliphatic rings. The zero-order valence-corrected chi connectivity index (χ0v) is 13.8. The molecule has 2 heterocycles. The van der Waals surface area contributed by atoms with Gasteiger partial charge in [-0.3, -0.25) is 0 Å². The molecule has 6 heteroatoms. The van der Waals surface area contributed by atoms with Crippen molar-refractivity contribution in [2.45, 2.75) is 18.4 Å². The van der Waals surface area contributed by atoms with Crippen LogP contribution in [-0.4, -0.2) is 26.3 Å². The maximum atomic E-state index is 14.3. The minimum atomic E-state index is -0.695. The number of ether oxygens (including phenoxy) is 2. The number of fused-ring (bicyclic) bond motifs is 3. The van der Waals surface area contributed by atoms with Gasteiger partial charge in [0.1, 0.15) is 17.7 Å². The van der Waals surface area contributed by atoms with Crippen molar-refractivity contribution in [2.24, 2.45) is 0 Å². The molecule has 1 saturated heterocycles. The molecule has 0 radical (unpaired) electrons. The first kappa shape index (κ1) is 15.7. The van der Waals surface area contributed by atoms with Gasteiger partial charge in [0.2, 0.25) is 0 Å². The second kappa shape index (κ2) is 5.90. The lowest BCUT2D eigenvalue weighted by Gasteiger charge is -2.24. The minimum Gasteiger partial charge on any atom is -0.493 e. The van der Waals surface area contributed by atoms with Gasteiger partial charge in [-0.15, -0.1) is 0 Å². The lowest BCUT2D eigenvalue weighted by molar-refractivity contribution is 0.168. The molecule has 0 aromatic heterocycles. The topological polar surface area (TPSA) is 30.5 Å². The van der Waals surface area contributed by atoms with Crippen molar-refractivity contribution in [1.29, 1.82) is 0 Å². The van der Waals surface area contributed by atoms with E-state index in [0.717, 1.165) is 37.2 Å². The number of halogens is 3. The summed E-state index contributed by atoms with van der Waals surface area (Å²) in [5.74, 6) is -0.0696. The summed E-state index contributed by atoms with van der Waals surface area (Å²) in [5.41, 5.74) is 1.25. The van der Waals surface area contributed by atoms with Crippen LogP contribution in [0.1, 0.15) is 17.9 Å². The summed E-state index contributed by atoms with van der Waals surface area (Å²) in [7, 11) is 1.53. The predicted octanol–water partition coefficient (Wildman–Crippen LogP) is 4.13. The number of nitrogens with one attached hydrogen (secondary N) is 1. The molecule has 2 aliphatic heterocycles. The predicted molar refractivity (Wildman–Crippen MR) is 88.0 cm³/mol. The molecular weight excluding hydrogens is 336 g/mol. The zero-order valence-electron chi connectivity index (χ0n) is 13.0. The largest absolute Gasteiger partial charge is 0.493 e. The Balaban J connectivity index is 1.88. The fourth-order valence-corrected chi connectivity index (χ4v) is 3.77. The lowest BCUT2D eigenvalue weighted by atomic mass is 9.89. The van der Waals surface area contributed by atoms with Gasteiger partial charge in [-0.05, 0) is 42.8 Å². The van der Waals surface area contributed by atoms with Crippen LogP contribution in [0.15, 0.2) is 24.3 Å². The molecule has 126 valence electrons. The van der Waals surface area contributed by atoms with E-state index in [4.69, 9.17) is 21.1 Å². The minimum absolute atomic E-state index is 0.0294. The highest BCUT2D eigenvalue weighted by Gasteiger charge is 2.38. The number of methoxy groups -OCH3 is 1. The van der Waals surface area contributed by atoms with Gasteiger partial charge in [-0.25, -0.2) is 8.78 Å². The van der Waals surface area contributed by atoms with E-state index in [1.165, 1.54) is 7.11 Å². The summed E-state index contributed by atoms with van der Waals surface area (Å²) < 4.78 is 40.1. The summed E-state index contributed by atoms with van der Waals surface area (Å²) in [4.78, 5) is 0. The van der Waals surface area contributed by atoms with Crippen molar-refractivity contribution in [1.82, 2.24) is 5.32 Å². The normalized spacial score (nSPS) is 21.8. The Bertz CT molecular complexity index is 789. The van der Waals surface area contributed by atoms with Crippen LogP contribution in [0.25, 0.3) is 11.1 Å². The Hall–Kier alpha value is -1.85. The van der Waals surface area contributed by atoms with Gasteiger partial charge in [0.25, 0.3) is 0 Å². The van der Waals surface area contributed by atoms with E-state index in [0.29, 0.717) is 17.1 Å². The summed E-state index contributed by atoms with van der Waals surface area (Å²) >= 11 is 5.72. The highest BCUT2D eigenvalue weighted by atomic mass is 35.5. The van der Waals surface area contributed by atoms with Gasteiger partial charge in [-0.2, -0.15) is 0 Å². The van der Waals surface area contributed by atoms with Crippen molar-refractivity contribution in [3.8, 4) is 22.6 Å². The molecule has 3 nitrogen and oxygen atoms in total. The average Bonchev–Trinajstić information content (AvgIpc) is 2.92. The molecular formula is C18H16ClF2NO2. The van der Waals surface area contributed by atoms with E-state index < -0.39 is 11.6 Å². The van der Waals surface area contributed by atoms with Gasteiger partial charge in [0.05, 0.1) is 12.7 Å². The molecule has 0 aliphatic carbocycles. The number of rotatable bonds is 2. The van der Waals surface area contributed by atoms with Crippen molar-refractivity contribution in [2.75, 3.05) is 20.2 Å². The number of hydrogen-bond donors (Lipinski definition) is 1. The second-order valence-corrected chi connectivity index (χ2v) is 6.53. The molecule has 2 aromatic rings. The molecule has 2 unspecified atom stereocenters. The fraction of sp³-hybridized carbons (Fsp3) is 0.333. The van der Waals surface area contributed by atoms with E-state index in [9.17, 15) is 8.78 Å². The molecule has 1 N–H and O–H groups in total. The summed E-state index contributed by atoms with van der Waals surface area (Å²) in [6, 6.07) is 5.63. The Morgan fingerprint density at radius 2 is 1.96 bits per heavy atom. The van der Waals surface area contributed by atoms with E-state index in [2.05, 4.69) is 5.32 Å². The van der Waals surface area contributed by atoms with E-state index in [-0.39, 0.29) is 22.6 Å². The quantitative estimate of drug-likeness (QED) is 0.882. The molecule has 2 aromatic carbocycles. The smallest absolute Gasteiger partial charge is 0.165 e. The third-order valence-electron chi connectivity index (χ3n) is 4.69. The lowest BCUT2D eigenvalue weighted by Crippen LogP contribution is -2.37. The summed E-state index contributed by atoms with van der Waals surface area (Å²) in [6.45, 7) is 1.67. The van der Waals surface area contributed by atoms with Crippen LogP contribution in [0.3, 0.4) is 0 Å². The van der Waals surface area contributed by atoms with E-state index in [1.807, 2.05) is 0 Å². The highest BCUT2D eigenvalue weighted by molar-refractivity contribution is 6.30. The molecule has 2 atom stereocenters. The number of hydrogen-bond acceptors (Lipinski definition) is 3. The molecule has 0 amide bonds. The van der Waals surface area contributed by atoms with Crippen LogP contribution in [0.5, 0.6) is 11.5 Å². The van der Waals surface area contributed by atoms with Gasteiger partial charge >= 0.3 is 0 Å². The maximum absolute atomic E-state index is 14.3. The van der Waals surface area contributed by atoms with Crippen LogP contribution in [0.2, 0.25) is 5.02 Å². The number of piperidine rings is 1. The van der Waals surface area contributed by atoms with Gasteiger partial charge in [-0.1, -0.05) is 11.6 Å². The molecule has 0 saturated carbocycles. The van der Waals surface area contributed by atoms with Gasteiger partial charge < -0.3 is 14.8 Å². The highest BCUT2D eigenvalue weighted by Crippen LogP contribution is 2.48. The van der Waals surface area contributed by atoms with Crippen molar-refractivity contribution in [3.63, 3.8) is 0 Å². The van der Waals surface area contributed by atoms with Crippen molar-refractivity contribution in [3.05, 3.63) is 46.5 Å². The molecule has 0 spiro atoms. The van der Waals surface area contributed by atoms with Crippen LogP contribution >= 0.6 is 11.6 Å². The number of benzene rings is 2.